The topological polar surface area (TPSA) is 61.6 Å². The van der Waals surface area contributed by atoms with Gasteiger partial charge in [-0.1, -0.05) is 11.3 Å². The summed E-state index contributed by atoms with van der Waals surface area (Å²) < 4.78 is 19.1. The highest BCUT2D eigenvalue weighted by Gasteiger charge is 2.36. The summed E-state index contributed by atoms with van der Waals surface area (Å²) in [6.45, 7) is 6.02. The fraction of sp³-hybridized carbons (Fsp3) is 0.556. The molecular formula is C18H24N4O3. The minimum absolute atomic E-state index is 0.236. The summed E-state index contributed by atoms with van der Waals surface area (Å²) in [5, 5.41) is 8.30. The highest BCUT2D eigenvalue weighted by Crippen LogP contribution is 2.32. The van der Waals surface area contributed by atoms with E-state index < -0.39 is 0 Å². The number of aromatic nitrogens is 3. The number of piperidine rings is 1. The second kappa shape index (κ2) is 7.01. The Morgan fingerprint density at radius 1 is 1.32 bits per heavy atom. The molecule has 2 aliphatic heterocycles. The van der Waals surface area contributed by atoms with Crippen LogP contribution in [0.15, 0.2) is 24.4 Å². The molecule has 0 aliphatic carbocycles. The van der Waals surface area contributed by atoms with Gasteiger partial charge in [-0.05, 0) is 31.0 Å². The van der Waals surface area contributed by atoms with Crippen LogP contribution in [0.3, 0.4) is 0 Å². The Bertz CT molecular complexity index is 733. The predicted molar refractivity (Wildman–Crippen MR) is 91.7 cm³/mol. The van der Waals surface area contributed by atoms with Gasteiger partial charge >= 0.3 is 0 Å². The first-order valence-corrected chi connectivity index (χ1v) is 8.81. The molecule has 0 bridgehead atoms. The molecule has 4 rings (SSSR count). The van der Waals surface area contributed by atoms with Crippen LogP contribution in [0.1, 0.15) is 30.6 Å². The first-order valence-electron chi connectivity index (χ1n) is 8.81. The molecule has 0 spiro atoms. The molecule has 2 aliphatic rings. The number of benzene rings is 1. The maximum Gasteiger partial charge on any atom is 0.161 e. The van der Waals surface area contributed by atoms with Gasteiger partial charge in [0.05, 0.1) is 44.4 Å². The molecule has 25 heavy (non-hydrogen) atoms. The number of rotatable bonds is 5. The zero-order chi connectivity index (χ0) is 17.2. The van der Waals surface area contributed by atoms with Gasteiger partial charge in [0.1, 0.15) is 0 Å². The molecule has 0 unspecified atom stereocenters. The summed E-state index contributed by atoms with van der Waals surface area (Å²) in [5.74, 6) is 1.58. The summed E-state index contributed by atoms with van der Waals surface area (Å²) in [5.41, 5.74) is 2.28. The van der Waals surface area contributed by atoms with Crippen molar-refractivity contribution in [3.05, 3.63) is 35.7 Å². The van der Waals surface area contributed by atoms with Gasteiger partial charge in [0.15, 0.2) is 11.5 Å². The quantitative estimate of drug-likeness (QED) is 0.827. The molecule has 1 aromatic heterocycles. The number of ether oxygens (including phenoxy) is 3. The normalized spacial score (nSPS) is 23.0. The molecule has 1 saturated heterocycles. The van der Waals surface area contributed by atoms with Crippen LogP contribution in [0.2, 0.25) is 0 Å². The smallest absolute Gasteiger partial charge is 0.161 e. The van der Waals surface area contributed by atoms with Crippen LogP contribution in [0.4, 0.5) is 0 Å². The molecule has 0 N–H and O–H groups in total. The monoisotopic (exact) mass is 344 g/mol. The lowest BCUT2D eigenvalue weighted by Gasteiger charge is -2.41. The summed E-state index contributed by atoms with van der Waals surface area (Å²) in [6.07, 6.45) is 3.05. The number of hydrogen-bond donors (Lipinski definition) is 0. The number of nitrogens with zero attached hydrogens (tertiary/aromatic N) is 4. The van der Waals surface area contributed by atoms with Crippen molar-refractivity contribution in [3.63, 3.8) is 0 Å². The Kier molecular flexibility index (Phi) is 4.59. The Morgan fingerprint density at radius 2 is 2.24 bits per heavy atom. The van der Waals surface area contributed by atoms with Crippen molar-refractivity contribution in [1.29, 1.82) is 0 Å². The van der Waals surface area contributed by atoms with Gasteiger partial charge in [-0.15, -0.1) is 5.10 Å². The molecule has 7 nitrogen and oxygen atoms in total. The van der Waals surface area contributed by atoms with Gasteiger partial charge in [0.2, 0.25) is 0 Å². The lowest BCUT2D eigenvalue weighted by Crippen LogP contribution is -2.47. The van der Waals surface area contributed by atoms with Gasteiger partial charge in [0.25, 0.3) is 0 Å². The van der Waals surface area contributed by atoms with Gasteiger partial charge in [0, 0.05) is 19.6 Å². The average molecular weight is 344 g/mol. The Hall–Kier alpha value is -2.12. The van der Waals surface area contributed by atoms with Crippen LogP contribution in [0.5, 0.6) is 11.5 Å². The Balaban J connectivity index is 1.47. The Morgan fingerprint density at radius 3 is 3.08 bits per heavy atom. The minimum atomic E-state index is 0.236. The minimum Gasteiger partial charge on any atom is -0.493 e. The molecule has 0 saturated carbocycles. The van der Waals surface area contributed by atoms with E-state index in [-0.39, 0.29) is 12.1 Å². The lowest BCUT2D eigenvalue weighted by molar-refractivity contribution is -0.0669. The van der Waals surface area contributed by atoms with E-state index in [1.54, 1.807) is 13.3 Å². The van der Waals surface area contributed by atoms with E-state index >= 15 is 0 Å². The third kappa shape index (κ3) is 3.21. The number of methoxy groups -OCH3 is 1. The summed E-state index contributed by atoms with van der Waals surface area (Å²) in [6, 6.07) is 6.40. The number of hydrogen-bond acceptors (Lipinski definition) is 6. The van der Waals surface area contributed by atoms with Gasteiger partial charge in [-0.3, -0.25) is 4.90 Å². The molecule has 1 aromatic carbocycles. The molecule has 2 atom stereocenters. The molecule has 1 fully saturated rings. The van der Waals surface area contributed by atoms with Crippen molar-refractivity contribution in [2.75, 3.05) is 26.8 Å². The summed E-state index contributed by atoms with van der Waals surface area (Å²) in [4.78, 5) is 2.44. The van der Waals surface area contributed by atoms with E-state index in [1.807, 2.05) is 17.7 Å². The van der Waals surface area contributed by atoms with E-state index in [2.05, 4.69) is 27.3 Å². The van der Waals surface area contributed by atoms with Crippen LogP contribution in [-0.4, -0.2) is 52.8 Å². The van der Waals surface area contributed by atoms with Crippen LogP contribution < -0.4 is 9.47 Å². The highest BCUT2D eigenvalue weighted by molar-refractivity contribution is 5.43. The third-order valence-electron chi connectivity index (χ3n) is 4.95. The van der Waals surface area contributed by atoms with E-state index in [9.17, 15) is 0 Å². The molecule has 7 heteroatoms. The first kappa shape index (κ1) is 16.4. The van der Waals surface area contributed by atoms with Crippen molar-refractivity contribution in [3.8, 4) is 11.5 Å². The summed E-state index contributed by atoms with van der Waals surface area (Å²) in [7, 11) is 1.68. The van der Waals surface area contributed by atoms with Crippen molar-refractivity contribution < 1.29 is 14.2 Å². The number of likely N-dealkylation sites (tertiary alicyclic amines) is 1. The third-order valence-corrected chi connectivity index (χ3v) is 4.95. The molecular weight excluding hydrogens is 320 g/mol. The second-order valence-corrected chi connectivity index (χ2v) is 6.53. The lowest BCUT2D eigenvalue weighted by atomic mass is 10.00. The maximum atomic E-state index is 5.98. The van der Waals surface area contributed by atoms with E-state index in [4.69, 9.17) is 14.2 Å². The van der Waals surface area contributed by atoms with Crippen LogP contribution in [0, 0.1) is 0 Å². The van der Waals surface area contributed by atoms with Gasteiger partial charge in [-0.2, -0.15) is 0 Å². The molecule has 134 valence electrons. The molecule has 0 amide bonds. The average Bonchev–Trinajstić information content (AvgIpc) is 3.12. The zero-order valence-corrected chi connectivity index (χ0v) is 14.7. The van der Waals surface area contributed by atoms with E-state index in [0.717, 1.165) is 43.2 Å². The van der Waals surface area contributed by atoms with Crippen LogP contribution in [-0.2, 0) is 17.9 Å². The predicted octanol–water partition coefficient (Wildman–Crippen LogP) is 2.03. The SMILES string of the molecule is CCOc1ccc(CN2CC[C@H]3OCc4cnnn4[C@@H]3C2)cc1OC. The van der Waals surface area contributed by atoms with Crippen molar-refractivity contribution in [2.24, 2.45) is 0 Å². The van der Waals surface area contributed by atoms with E-state index in [1.165, 1.54) is 5.56 Å². The largest absolute Gasteiger partial charge is 0.493 e. The first-order chi connectivity index (χ1) is 12.3. The Labute approximate surface area is 147 Å². The zero-order valence-electron chi connectivity index (χ0n) is 14.7. The number of fused-ring (bicyclic) bond motifs is 3. The van der Waals surface area contributed by atoms with Crippen LogP contribution >= 0.6 is 0 Å². The molecule has 0 radical (unpaired) electrons. The highest BCUT2D eigenvalue weighted by atomic mass is 16.5. The van der Waals surface area contributed by atoms with Crippen molar-refractivity contribution in [1.82, 2.24) is 19.9 Å². The van der Waals surface area contributed by atoms with Crippen LogP contribution in [0.25, 0.3) is 0 Å². The maximum absolute atomic E-state index is 5.98. The van der Waals surface area contributed by atoms with Gasteiger partial charge in [-0.25, -0.2) is 4.68 Å². The van der Waals surface area contributed by atoms with Crippen molar-refractivity contribution in [2.45, 2.75) is 38.6 Å². The van der Waals surface area contributed by atoms with E-state index in [0.29, 0.717) is 13.2 Å². The fourth-order valence-electron chi connectivity index (χ4n) is 3.73. The van der Waals surface area contributed by atoms with Gasteiger partial charge < -0.3 is 14.2 Å². The summed E-state index contributed by atoms with van der Waals surface area (Å²) >= 11 is 0. The molecule has 3 heterocycles. The fourth-order valence-corrected chi connectivity index (χ4v) is 3.73. The van der Waals surface area contributed by atoms with Crippen molar-refractivity contribution >= 4 is 0 Å². The second-order valence-electron chi connectivity index (χ2n) is 6.53. The standard InChI is InChI=1S/C18H24N4O3/c1-3-24-17-5-4-13(8-18(17)23-2)10-21-7-6-16-15(11-21)22-14(12-25-16)9-19-20-22/h4-5,8-9,15-16H,3,6-7,10-12H2,1-2H3/t15-,16-/m1/s1. The molecule has 2 aromatic rings.